The van der Waals surface area contributed by atoms with Gasteiger partial charge in [-0.15, -0.1) is 0 Å². The molecule has 0 bridgehead atoms. The zero-order chi connectivity index (χ0) is 13.0. The van der Waals surface area contributed by atoms with Crippen LogP contribution in [-0.2, 0) is 4.79 Å². The predicted molar refractivity (Wildman–Crippen MR) is 67.3 cm³/mol. The van der Waals surface area contributed by atoms with E-state index < -0.39 is 5.92 Å². The summed E-state index contributed by atoms with van der Waals surface area (Å²) >= 11 is 0. The van der Waals surface area contributed by atoms with E-state index in [9.17, 15) is 9.18 Å². The largest absolute Gasteiger partial charge is 0.497 e. The SMILES string of the molecule is COc1cccc(C(C=O)c2ccc(F)cc2)c1. The van der Waals surface area contributed by atoms with E-state index in [-0.39, 0.29) is 5.82 Å². The van der Waals surface area contributed by atoms with Gasteiger partial charge in [-0.2, -0.15) is 0 Å². The van der Waals surface area contributed by atoms with Crippen LogP contribution in [0.3, 0.4) is 0 Å². The number of halogens is 1. The minimum atomic E-state index is -0.402. The number of benzene rings is 2. The molecule has 3 heteroatoms. The molecule has 0 amide bonds. The Kier molecular flexibility index (Phi) is 3.72. The second-order valence-corrected chi connectivity index (χ2v) is 3.94. The van der Waals surface area contributed by atoms with Crippen molar-refractivity contribution in [2.24, 2.45) is 0 Å². The molecule has 0 heterocycles. The molecule has 2 nitrogen and oxygen atoms in total. The van der Waals surface area contributed by atoms with Crippen LogP contribution in [0.5, 0.6) is 5.75 Å². The maximum atomic E-state index is 12.9. The fraction of sp³-hybridized carbons (Fsp3) is 0.133. The van der Waals surface area contributed by atoms with E-state index in [4.69, 9.17) is 4.74 Å². The van der Waals surface area contributed by atoms with Gasteiger partial charge in [-0.25, -0.2) is 4.39 Å². The van der Waals surface area contributed by atoms with Crippen molar-refractivity contribution in [2.45, 2.75) is 5.92 Å². The van der Waals surface area contributed by atoms with Crippen LogP contribution in [0, 0.1) is 5.82 Å². The van der Waals surface area contributed by atoms with Crippen molar-refractivity contribution >= 4 is 6.29 Å². The van der Waals surface area contributed by atoms with Crippen LogP contribution < -0.4 is 4.74 Å². The molecule has 92 valence electrons. The minimum absolute atomic E-state index is 0.311. The van der Waals surface area contributed by atoms with E-state index in [0.29, 0.717) is 5.75 Å². The molecule has 0 aromatic heterocycles. The van der Waals surface area contributed by atoms with Crippen LogP contribution in [0.1, 0.15) is 17.0 Å². The van der Waals surface area contributed by atoms with Crippen molar-refractivity contribution in [3.63, 3.8) is 0 Å². The van der Waals surface area contributed by atoms with Crippen molar-refractivity contribution in [3.05, 3.63) is 65.5 Å². The second-order valence-electron chi connectivity index (χ2n) is 3.94. The fourth-order valence-electron chi connectivity index (χ4n) is 1.85. The highest BCUT2D eigenvalue weighted by Crippen LogP contribution is 2.25. The molecule has 1 unspecified atom stereocenters. The van der Waals surface area contributed by atoms with Crippen molar-refractivity contribution in [1.82, 2.24) is 0 Å². The van der Waals surface area contributed by atoms with E-state index in [1.54, 1.807) is 19.2 Å². The zero-order valence-electron chi connectivity index (χ0n) is 9.97. The third kappa shape index (κ3) is 2.56. The number of hydrogen-bond acceptors (Lipinski definition) is 2. The Morgan fingerprint density at radius 2 is 1.83 bits per heavy atom. The summed E-state index contributed by atoms with van der Waals surface area (Å²) in [6, 6.07) is 13.2. The highest BCUT2D eigenvalue weighted by Gasteiger charge is 2.13. The van der Waals surface area contributed by atoms with Gasteiger partial charge in [0.1, 0.15) is 17.9 Å². The first-order chi connectivity index (χ1) is 8.74. The average molecular weight is 244 g/mol. The molecule has 0 spiro atoms. The first-order valence-electron chi connectivity index (χ1n) is 5.59. The van der Waals surface area contributed by atoms with Gasteiger partial charge in [0.05, 0.1) is 13.0 Å². The zero-order valence-corrected chi connectivity index (χ0v) is 9.97. The van der Waals surface area contributed by atoms with Crippen LogP contribution in [-0.4, -0.2) is 13.4 Å². The quantitative estimate of drug-likeness (QED) is 0.772. The first kappa shape index (κ1) is 12.3. The number of hydrogen-bond donors (Lipinski definition) is 0. The van der Waals surface area contributed by atoms with Gasteiger partial charge in [0.2, 0.25) is 0 Å². The molecule has 0 radical (unpaired) electrons. The molecule has 2 aromatic rings. The lowest BCUT2D eigenvalue weighted by Gasteiger charge is -2.12. The molecular formula is C15H13FO2. The highest BCUT2D eigenvalue weighted by atomic mass is 19.1. The molecule has 0 aliphatic heterocycles. The van der Waals surface area contributed by atoms with Gasteiger partial charge in [0.15, 0.2) is 0 Å². The van der Waals surface area contributed by atoms with Crippen LogP contribution in [0.15, 0.2) is 48.5 Å². The predicted octanol–water partition coefficient (Wildman–Crippen LogP) is 3.17. The monoisotopic (exact) mass is 244 g/mol. The van der Waals surface area contributed by atoms with Crippen LogP contribution in [0.4, 0.5) is 4.39 Å². The molecule has 0 N–H and O–H groups in total. The van der Waals surface area contributed by atoms with Crippen molar-refractivity contribution in [3.8, 4) is 5.75 Å². The number of methoxy groups -OCH3 is 1. The summed E-state index contributed by atoms with van der Waals surface area (Å²) in [7, 11) is 1.58. The smallest absolute Gasteiger partial charge is 0.131 e. The molecule has 0 aliphatic carbocycles. The summed E-state index contributed by atoms with van der Waals surface area (Å²) in [6.45, 7) is 0. The van der Waals surface area contributed by atoms with Gasteiger partial charge >= 0.3 is 0 Å². The third-order valence-corrected chi connectivity index (χ3v) is 2.82. The molecule has 18 heavy (non-hydrogen) atoms. The molecule has 0 aliphatic rings. The van der Waals surface area contributed by atoms with E-state index >= 15 is 0 Å². The highest BCUT2D eigenvalue weighted by molar-refractivity contribution is 5.68. The van der Waals surface area contributed by atoms with E-state index in [2.05, 4.69) is 0 Å². The van der Waals surface area contributed by atoms with Gasteiger partial charge in [-0.05, 0) is 35.4 Å². The maximum absolute atomic E-state index is 12.9. The summed E-state index contributed by atoms with van der Waals surface area (Å²) < 4.78 is 18.0. The molecule has 0 saturated heterocycles. The van der Waals surface area contributed by atoms with Gasteiger partial charge < -0.3 is 9.53 Å². The standard InChI is InChI=1S/C15H13FO2/c1-18-14-4-2-3-12(9-14)15(10-17)11-5-7-13(16)8-6-11/h2-10,15H,1H3. The molecule has 1 atom stereocenters. The lowest BCUT2D eigenvalue weighted by atomic mass is 9.92. The van der Waals surface area contributed by atoms with Gasteiger partial charge in [-0.1, -0.05) is 24.3 Å². The molecule has 2 aromatic carbocycles. The molecule has 2 rings (SSSR count). The number of carbonyl (C=O) groups excluding carboxylic acids is 1. The van der Waals surface area contributed by atoms with E-state index in [1.807, 2.05) is 24.3 Å². The van der Waals surface area contributed by atoms with E-state index in [0.717, 1.165) is 17.4 Å². The lowest BCUT2D eigenvalue weighted by Crippen LogP contribution is -2.02. The topological polar surface area (TPSA) is 26.3 Å². The number of rotatable bonds is 4. The summed E-state index contributed by atoms with van der Waals surface area (Å²) in [5.74, 6) is -0.0174. The summed E-state index contributed by atoms with van der Waals surface area (Å²) in [5.41, 5.74) is 1.59. The Balaban J connectivity index is 2.38. The molecule has 0 fully saturated rings. The summed E-state index contributed by atoms with van der Waals surface area (Å²) in [6.07, 6.45) is 0.849. The Labute approximate surface area is 105 Å². The van der Waals surface area contributed by atoms with Gasteiger partial charge in [-0.3, -0.25) is 0 Å². The van der Waals surface area contributed by atoms with Crippen molar-refractivity contribution in [1.29, 1.82) is 0 Å². The van der Waals surface area contributed by atoms with Crippen molar-refractivity contribution in [2.75, 3.05) is 7.11 Å². The Morgan fingerprint density at radius 3 is 2.44 bits per heavy atom. The third-order valence-electron chi connectivity index (χ3n) is 2.82. The molecule has 0 saturated carbocycles. The first-order valence-corrected chi connectivity index (χ1v) is 5.59. The van der Waals surface area contributed by atoms with E-state index in [1.165, 1.54) is 12.1 Å². The number of aldehydes is 1. The average Bonchev–Trinajstić information content (AvgIpc) is 2.42. The molecular weight excluding hydrogens is 231 g/mol. The number of carbonyl (C=O) groups is 1. The van der Waals surface area contributed by atoms with Crippen LogP contribution in [0.2, 0.25) is 0 Å². The lowest BCUT2D eigenvalue weighted by molar-refractivity contribution is -0.108. The summed E-state index contributed by atoms with van der Waals surface area (Å²) in [4.78, 5) is 11.3. The Hall–Kier alpha value is -2.16. The van der Waals surface area contributed by atoms with Gasteiger partial charge in [0, 0.05) is 0 Å². The van der Waals surface area contributed by atoms with Crippen molar-refractivity contribution < 1.29 is 13.9 Å². The van der Waals surface area contributed by atoms with Gasteiger partial charge in [0.25, 0.3) is 0 Å². The second kappa shape index (κ2) is 5.45. The summed E-state index contributed by atoms with van der Waals surface area (Å²) in [5, 5.41) is 0. The normalized spacial score (nSPS) is 11.9. The minimum Gasteiger partial charge on any atom is -0.497 e. The Bertz CT molecular complexity index is 534. The Morgan fingerprint density at radius 1 is 1.11 bits per heavy atom. The number of ether oxygens (including phenoxy) is 1. The fourth-order valence-corrected chi connectivity index (χ4v) is 1.85. The van der Waals surface area contributed by atoms with Crippen LogP contribution >= 0.6 is 0 Å². The van der Waals surface area contributed by atoms with Crippen LogP contribution in [0.25, 0.3) is 0 Å². The maximum Gasteiger partial charge on any atom is 0.131 e.